The molecule has 2 nitrogen and oxygen atoms in total. The van der Waals surface area contributed by atoms with E-state index in [4.69, 9.17) is 0 Å². The molecular formula is C16H28N2. The van der Waals surface area contributed by atoms with Crippen LogP contribution >= 0.6 is 0 Å². The van der Waals surface area contributed by atoms with E-state index in [1.54, 1.807) is 0 Å². The van der Waals surface area contributed by atoms with Crippen molar-refractivity contribution >= 4 is 0 Å². The van der Waals surface area contributed by atoms with E-state index in [0.29, 0.717) is 0 Å². The van der Waals surface area contributed by atoms with Crippen molar-refractivity contribution in [1.29, 1.82) is 0 Å². The fraction of sp³-hybridized carbons (Fsp3) is 0.625. The predicted molar refractivity (Wildman–Crippen MR) is 80.0 cm³/mol. The molecule has 0 aliphatic carbocycles. The van der Waals surface area contributed by atoms with Crippen molar-refractivity contribution in [2.24, 2.45) is 0 Å². The lowest BCUT2D eigenvalue weighted by atomic mass is 9.95. The Morgan fingerprint density at radius 2 is 1.78 bits per heavy atom. The highest BCUT2D eigenvalue weighted by Gasteiger charge is 2.16. The standard InChI is InChI=1S/C16H28N2/c1-16(2,17-13-8-14-18(3)4)12-11-15-9-6-5-7-10-15/h5-7,9-10,17H,8,11-14H2,1-4H3. The van der Waals surface area contributed by atoms with E-state index < -0.39 is 0 Å². The van der Waals surface area contributed by atoms with Crippen LogP contribution in [0.2, 0.25) is 0 Å². The third-order valence-corrected chi connectivity index (χ3v) is 3.27. The van der Waals surface area contributed by atoms with Crippen molar-refractivity contribution in [1.82, 2.24) is 10.2 Å². The number of nitrogens with one attached hydrogen (secondary N) is 1. The first-order chi connectivity index (χ1) is 8.49. The SMILES string of the molecule is CN(C)CCCNC(C)(C)CCc1ccccc1. The number of nitrogens with zero attached hydrogens (tertiary/aromatic N) is 1. The Bertz CT molecular complexity index is 317. The van der Waals surface area contributed by atoms with E-state index in [0.717, 1.165) is 19.5 Å². The second-order valence-electron chi connectivity index (χ2n) is 5.95. The van der Waals surface area contributed by atoms with Crippen LogP contribution in [0.15, 0.2) is 30.3 Å². The minimum Gasteiger partial charge on any atom is -0.312 e. The van der Waals surface area contributed by atoms with Crippen molar-refractivity contribution in [3.63, 3.8) is 0 Å². The van der Waals surface area contributed by atoms with Gasteiger partial charge in [-0.3, -0.25) is 0 Å². The molecule has 0 bridgehead atoms. The van der Waals surface area contributed by atoms with Crippen LogP contribution in [-0.4, -0.2) is 37.6 Å². The molecule has 1 N–H and O–H groups in total. The first-order valence-corrected chi connectivity index (χ1v) is 6.93. The van der Waals surface area contributed by atoms with E-state index in [1.165, 1.54) is 18.4 Å². The average molecular weight is 248 g/mol. The molecule has 0 spiro atoms. The third-order valence-electron chi connectivity index (χ3n) is 3.27. The van der Waals surface area contributed by atoms with Gasteiger partial charge in [-0.15, -0.1) is 0 Å². The second-order valence-corrected chi connectivity index (χ2v) is 5.95. The molecule has 0 heterocycles. The Labute approximate surface area is 112 Å². The molecule has 0 amide bonds. The first-order valence-electron chi connectivity index (χ1n) is 6.93. The zero-order chi connectivity index (χ0) is 13.4. The maximum atomic E-state index is 3.66. The molecule has 1 aromatic carbocycles. The van der Waals surface area contributed by atoms with Crippen LogP contribution in [0.5, 0.6) is 0 Å². The molecule has 0 saturated heterocycles. The maximum absolute atomic E-state index is 3.66. The van der Waals surface area contributed by atoms with Crippen LogP contribution in [-0.2, 0) is 6.42 Å². The number of rotatable bonds is 8. The van der Waals surface area contributed by atoms with Gasteiger partial charge in [-0.05, 0) is 65.9 Å². The van der Waals surface area contributed by atoms with Crippen LogP contribution in [0.4, 0.5) is 0 Å². The van der Waals surface area contributed by atoms with Gasteiger partial charge in [0.25, 0.3) is 0 Å². The van der Waals surface area contributed by atoms with Gasteiger partial charge < -0.3 is 10.2 Å². The fourth-order valence-corrected chi connectivity index (χ4v) is 2.01. The van der Waals surface area contributed by atoms with Crippen LogP contribution in [0.25, 0.3) is 0 Å². The molecule has 0 atom stereocenters. The zero-order valence-electron chi connectivity index (χ0n) is 12.4. The van der Waals surface area contributed by atoms with Crippen molar-refractivity contribution in [3.05, 3.63) is 35.9 Å². The summed E-state index contributed by atoms with van der Waals surface area (Å²) in [5.74, 6) is 0. The van der Waals surface area contributed by atoms with E-state index >= 15 is 0 Å². The van der Waals surface area contributed by atoms with Crippen LogP contribution < -0.4 is 5.32 Å². The summed E-state index contributed by atoms with van der Waals surface area (Å²) in [6, 6.07) is 10.7. The predicted octanol–water partition coefficient (Wildman–Crippen LogP) is 2.94. The van der Waals surface area contributed by atoms with Crippen molar-refractivity contribution in [3.8, 4) is 0 Å². The highest BCUT2D eigenvalue weighted by molar-refractivity contribution is 5.15. The highest BCUT2D eigenvalue weighted by atomic mass is 15.1. The minimum absolute atomic E-state index is 0.224. The average Bonchev–Trinajstić information content (AvgIpc) is 2.34. The van der Waals surface area contributed by atoms with Gasteiger partial charge in [-0.25, -0.2) is 0 Å². The molecule has 0 unspecified atom stereocenters. The summed E-state index contributed by atoms with van der Waals surface area (Å²) in [5.41, 5.74) is 1.66. The molecule has 1 aromatic rings. The monoisotopic (exact) mass is 248 g/mol. The summed E-state index contributed by atoms with van der Waals surface area (Å²) in [4.78, 5) is 2.23. The van der Waals surface area contributed by atoms with Crippen molar-refractivity contribution in [2.45, 2.75) is 38.6 Å². The normalized spacial score (nSPS) is 12.1. The number of aryl methyl sites for hydroxylation is 1. The van der Waals surface area contributed by atoms with E-state index in [2.05, 4.69) is 68.5 Å². The molecule has 0 fully saturated rings. The second kappa shape index (κ2) is 7.55. The van der Waals surface area contributed by atoms with Gasteiger partial charge in [-0.2, -0.15) is 0 Å². The Morgan fingerprint density at radius 3 is 2.39 bits per heavy atom. The molecule has 0 radical (unpaired) electrons. The van der Waals surface area contributed by atoms with Crippen molar-refractivity contribution in [2.75, 3.05) is 27.2 Å². The number of hydrogen-bond acceptors (Lipinski definition) is 2. The van der Waals surface area contributed by atoms with Gasteiger partial charge in [0.15, 0.2) is 0 Å². The van der Waals surface area contributed by atoms with Gasteiger partial charge in [0.1, 0.15) is 0 Å². The van der Waals surface area contributed by atoms with Crippen LogP contribution in [0.3, 0.4) is 0 Å². The highest BCUT2D eigenvalue weighted by Crippen LogP contribution is 2.13. The summed E-state index contributed by atoms with van der Waals surface area (Å²) in [6.45, 7) is 6.85. The minimum atomic E-state index is 0.224. The summed E-state index contributed by atoms with van der Waals surface area (Å²) < 4.78 is 0. The Balaban J connectivity index is 2.23. The van der Waals surface area contributed by atoms with Crippen molar-refractivity contribution < 1.29 is 0 Å². The van der Waals surface area contributed by atoms with E-state index in [-0.39, 0.29) is 5.54 Å². The largest absolute Gasteiger partial charge is 0.312 e. The lowest BCUT2D eigenvalue weighted by molar-refractivity contribution is 0.337. The lowest BCUT2D eigenvalue weighted by Crippen LogP contribution is -2.40. The Morgan fingerprint density at radius 1 is 1.11 bits per heavy atom. The summed E-state index contributed by atoms with van der Waals surface area (Å²) in [5, 5.41) is 3.66. The van der Waals surface area contributed by atoms with Gasteiger partial charge in [0, 0.05) is 5.54 Å². The van der Waals surface area contributed by atoms with E-state index in [9.17, 15) is 0 Å². The van der Waals surface area contributed by atoms with Gasteiger partial charge in [0.2, 0.25) is 0 Å². The molecule has 1 rings (SSSR count). The molecule has 102 valence electrons. The Hall–Kier alpha value is -0.860. The third kappa shape index (κ3) is 6.77. The molecule has 0 aromatic heterocycles. The lowest BCUT2D eigenvalue weighted by Gasteiger charge is -2.27. The van der Waals surface area contributed by atoms with Crippen LogP contribution in [0.1, 0.15) is 32.3 Å². The maximum Gasteiger partial charge on any atom is 0.0128 e. The number of benzene rings is 1. The fourth-order valence-electron chi connectivity index (χ4n) is 2.01. The summed E-state index contributed by atoms with van der Waals surface area (Å²) in [7, 11) is 4.25. The smallest absolute Gasteiger partial charge is 0.0128 e. The van der Waals surface area contributed by atoms with Gasteiger partial charge in [0.05, 0.1) is 0 Å². The van der Waals surface area contributed by atoms with Crippen LogP contribution in [0, 0.1) is 0 Å². The molecule has 0 aliphatic rings. The van der Waals surface area contributed by atoms with E-state index in [1.807, 2.05) is 0 Å². The van der Waals surface area contributed by atoms with Gasteiger partial charge in [-0.1, -0.05) is 30.3 Å². The number of hydrogen-bond donors (Lipinski definition) is 1. The topological polar surface area (TPSA) is 15.3 Å². The summed E-state index contributed by atoms with van der Waals surface area (Å²) in [6.07, 6.45) is 3.54. The Kier molecular flexibility index (Phi) is 6.37. The quantitative estimate of drug-likeness (QED) is 0.712. The molecule has 2 heteroatoms. The molecule has 0 saturated carbocycles. The van der Waals surface area contributed by atoms with Gasteiger partial charge >= 0.3 is 0 Å². The molecule has 0 aliphatic heterocycles. The molecule has 18 heavy (non-hydrogen) atoms. The molecular weight excluding hydrogens is 220 g/mol. The zero-order valence-corrected chi connectivity index (χ0v) is 12.4. The first kappa shape index (κ1) is 15.2. The summed E-state index contributed by atoms with van der Waals surface area (Å²) >= 11 is 0.